The Morgan fingerprint density at radius 3 is 1.92 bits per heavy atom. The van der Waals surface area contributed by atoms with Gasteiger partial charge in [-0.2, -0.15) is 0 Å². The third-order valence-electron chi connectivity index (χ3n) is 1.71. The number of para-hydroxylation sites is 1. The summed E-state index contributed by atoms with van der Waals surface area (Å²) in [5.74, 6) is 0.389. The Kier molecular flexibility index (Phi) is 5.03. The van der Waals surface area contributed by atoms with E-state index in [1.54, 1.807) is 6.07 Å². The SMILES string of the molecule is CC(C)(C)c1ccccc1O.[KH]. The van der Waals surface area contributed by atoms with E-state index in [1.807, 2.05) is 18.2 Å². The molecule has 1 rings (SSSR count). The quantitative estimate of drug-likeness (QED) is 0.621. The van der Waals surface area contributed by atoms with Gasteiger partial charge in [0.15, 0.2) is 0 Å². The van der Waals surface area contributed by atoms with Crippen molar-refractivity contribution in [3.63, 3.8) is 0 Å². The van der Waals surface area contributed by atoms with Crippen molar-refractivity contribution in [1.29, 1.82) is 0 Å². The van der Waals surface area contributed by atoms with Crippen molar-refractivity contribution in [2.24, 2.45) is 0 Å². The van der Waals surface area contributed by atoms with E-state index in [4.69, 9.17) is 0 Å². The molecule has 0 saturated carbocycles. The molecule has 0 aliphatic rings. The molecule has 0 bridgehead atoms. The van der Waals surface area contributed by atoms with Gasteiger partial charge in [0.25, 0.3) is 0 Å². The summed E-state index contributed by atoms with van der Waals surface area (Å²) in [5.41, 5.74) is 1.03. The van der Waals surface area contributed by atoms with Crippen LogP contribution in [0.2, 0.25) is 0 Å². The van der Waals surface area contributed by atoms with Gasteiger partial charge in [0.05, 0.1) is 0 Å². The Hall–Kier alpha value is 0.656. The van der Waals surface area contributed by atoms with Crippen LogP contribution in [0.25, 0.3) is 0 Å². The summed E-state index contributed by atoms with van der Waals surface area (Å²) in [4.78, 5) is 0. The molecule has 0 aliphatic heterocycles. The predicted octanol–water partition coefficient (Wildman–Crippen LogP) is 2.04. The minimum atomic E-state index is 0. The first-order chi connectivity index (χ1) is 5.02. The van der Waals surface area contributed by atoms with Crippen molar-refractivity contribution in [2.45, 2.75) is 26.2 Å². The number of benzene rings is 1. The summed E-state index contributed by atoms with van der Waals surface area (Å²) in [5, 5.41) is 9.45. The molecule has 1 nitrogen and oxygen atoms in total. The molecule has 2 heteroatoms. The van der Waals surface area contributed by atoms with Crippen molar-refractivity contribution in [3.05, 3.63) is 29.8 Å². The van der Waals surface area contributed by atoms with Gasteiger partial charge in [-0.3, -0.25) is 0 Å². The Morgan fingerprint density at radius 2 is 1.58 bits per heavy atom. The maximum atomic E-state index is 9.45. The summed E-state index contributed by atoms with van der Waals surface area (Å²) in [6, 6.07) is 7.46. The van der Waals surface area contributed by atoms with Crippen LogP contribution in [0.15, 0.2) is 24.3 Å². The molecule has 0 spiro atoms. The van der Waals surface area contributed by atoms with Crippen molar-refractivity contribution >= 4 is 51.4 Å². The molecule has 0 heterocycles. The van der Waals surface area contributed by atoms with E-state index in [9.17, 15) is 5.11 Å². The number of rotatable bonds is 0. The molecule has 12 heavy (non-hydrogen) atoms. The molecule has 0 aromatic heterocycles. The zero-order valence-corrected chi connectivity index (χ0v) is 7.26. The normalized spacial score (nSPS) is 10.6. The standard InChI is InChI=1S/C10H14O.K.H/c1-10(2,3)8-6-4-5-7-9(8)11;;/h4-7,11H,1-3H3;;. The van der Waals surface area contributed by atoms with E-state index in [0.29, 0.717) is 5.75 Å². The van der Waals surface area contributed by atoms with E-state index in [2.05, 4.69) is 20.8 Å². The molecule has 1 aromatic rings. The Bertz CT molecular complexity index is 250. The van der Waals surface area contributed by atoms with Crippen molar-refractivity contribution < 1.29 is 5.11 Å². The molecule has 1 N–H and O–H groups in total. The monoisotopic (exact) mass is 190 g/mol. The van der Waals surface area contributed by atoms with Gasteiger partial charge in [-0.15, -0.1) is 0 Å². The molecule has 62 valence electrons. The first kappa shape index (κ1) is 12.7. The Labute approximate surface area is 117 Å². The second kappa shape index (κ2) is 4.77. The Morgan fingerprint density at radius 1 is 1.08 bits per heavy atom. The fourth-order valence-electron chi connectivity index (χ4n) is 1.11. The van der Waals surface area contributed by atoms with Crippen LogP contribution in [-0.4, -0.2) is 56.5 Å². The summed E-state index contributed by atoms with van der Waals surface area (Å²) in [6.45, 7) is 6.26. The zero-order chi connectivity index (χ0) is 8.48. The van der Waals surface area contributed by atoms with Gasteiger partial charge in [-0.05, 0) is 17.0 Å². The number of aromatic hydroxyl groups is 1. The van der Waals surface area contributed by atoms with Crippen LogP contribution in [-0.2, 0) is 5.41 Å². The van der Waals surface area contributed by atoms with E-state index < -0.39 is 0 Å². The van der Waals surface area contributed by atoms with Gasteiger partial charge >= 0.3 is 51.4 Å². The molecule has 0 saturated heterocycles. The third kappa shape index (κ3) is 3.19. The first-order valence-electron chi connectivity index (χ1n) is 3.80. The molecule has 0 unspecified atom stereocenters. The molecule has 0 atom stereocenters. The molecule has 0 radical (unpaired) electrons. The number of hydrogen-bond donors (Lipinski definition) is 1. The summed E-state index contributed by atoms with van der Waals surface area (Å²) < 4.78 is 0. The van der Waals surface area contributed by atoms with Crippen LogP contribution in [0, 0.1) is 0 Å². The van der Waals surface area contributed by atoms with Crippen molar-refractivity contribution in [2.75, 3.05) is 0 Å². The van der Waals surface area contributed by atoms with Gasteiger partial charge in [-0.25, -0.2) is 0 Å². The summed E-state index contributed by atoms with van der Waals surface area (Å²) in [7, 11) is 0. The minimum absolute atomic E-state index is 0. The van der Waals surface area contributed by atoms with E-state index in [1.165, 1.54) is 0 Å². The topological polar surface area (TPSA) is 20.2 Å². The van der Waals surface area contributed by atoms with Crippen molar-refractivity contribution in [1.82, 2.24) is 0 Å². The third-order valence-corrected chi connectivity index (χ3v) is 1.71. The van der Waals surface area contributed by atoms with Gasteiger partial charge in [-0.1, -0.05) is 39.0 Å². The van der Waals surface area contributed by atoms with Gasteiger partial charge < -0.3 is 5.11 Å². The number of phenols is 1. The van der Waals surface area contributed by atoms with Gasteiger partial charge in [0, 0.05) is 0 Å². The average Bonchev–Trinajstić information content (AvgIpc) is 1.86. The molecular formula is C10H15KO. The van der Waals surface area contributed by atoms with Crippen molar-refractivity contribution in [3.8, 4) is 5.75 Å². The van der Waals surface area contributed by atoms with Gasteiger partial charge in [0.1, 0.15) is 5.75 Å². The van der Waals surface area contributed by atoms with E-state index in [-0.39, 0.29) is 56.8 Å². The molecule has 0 fully saturated rings. The summed E-state index contributed by atoms with van der Waals surface area (Å²) in [6.07, 6.45) is 0. The van der Waals surface area contributed by atoms with Gasteiger partial charge in [0.2, 0.25) is 0 Å². The van der Waals surface area contributed by atoms with Crippen LogP contribution < -0.4 is 0 Å². The fraction of sp³-hybridized carbons (Fsp3) is 0.400. The molecule has 1 aromatic carbocycles. The van der Waals surface area contributed by atoms with Crippen LogP contribution in [0.5, 0.6) is 5.75 Å². The van der Waals surface area contributed by atoms with E-state index in [0.717, 1.165) is 5.56 Å². The first-order valence-corrected chi connectivity index (χ1v) is 3.80. The fourth-order valence-corrected chi connectivity index (χ4v) is 1.11. The second-order valence-electron chi connectivity index (χ2n) is 3.77. The van der Waals surface area contributed by atoms with Crippen LogP contribution in [0.1, 0.15) is 26.3 Å². The summed E-state index contributed by atoms with van der Waals surface area (Å²) >= 11 is 0. The molecular weight excluding hydrogens is 175 g/mol. The number of hydrogen-bond acceptors (Lipinski definition) is 1. The maximum absolute atomic E-state index is 9.45. The van der Waals surface area contributed by atoms with Crippen LogP contribution in [0.3, 0.4) is 0 Å². The second-order valence-corrected chi connectivity index (χ2v) is 3.77. The number of phenolic OH excluding ortho intramolecular Hbond substituents is 1. The molecule has 0 aliphatic carbocycles. The van der Waals surface area contributed by atoms with Crippen LogP contribution in [0.4, 0.5) is 0 Å². The molecule has 0 amide bonds. The van der Waals surface area contributed by atoms with Crippen LogP contribution >= 0.6 is 0 Å². The van der Waals surface area contributed by atoms with E-state index >= 15 is 0 Å². The predicted molar refractivity (Wildman–Crippen MR) is 54.0 cm³/mol. The average molecular weight is 190 g/mol. The zero-order valence-electron chi connectivity index (χ0n) is 7.26. The Balaban J connectivity index is 0.00000121.